The second kappa shape index (κ2) is 6.65. The van der Waals surface area contributed by atoms with Crippen LogP contribution in [0.3, 0.4) is 0 Å². The molecule has 0 bridgehead atoms. The number of primary amides is 1. The molecule has 0 spiro atoms. The summed E-state index contributed by atoms with van der Waals surface area (Å²) in [5.41, 5.74) is 7.56. The van der Waals surface area contributed by atoms with Gasteiger partial charge < -0.3 is 15.6 Å². The summed E-state index contributed by atoms with van der Waals surface area (Å²) >= 11 is 0. The number of aromatic amines is 1. The Kier molecular flexibility index (Phi) is 4.57. The number of piperazine rings is 1. The maximum absolute atomic E-state index is 12.7. The maximum Gasteiger partial charge on any atom is 0.236 e. The van der Waals surface area contributed by atoms with Crippen LogP contribution in [0.4, 0.5) is 0 Å². The van der Waals surface area contributed by atoms with Gasteiger partial charge in [0.05, 0.1) is 6.42 Å². The molecule has 1 unspecified atom stereocenters. The molecule has 6 nitrogen and oxygen atoms in total. The van der Waals surface area contributed by atoms with E-state index in [1.807, 2.05) is 44.3 Å². The second-order valence-electron chi connectivity index (χ2n) is 6.63. The fourth-order valence-electron chi connectivity index (χ4n) is 3.45. The number of nitrogens with zero attached hydrogens (tertiary/aromatic N) is 2. The number of benzene rings is 1. The van der Waals surface area contributed by atoms with Crippen LogP contribution >= 0.6 is 0 Å². The minimum absolute atomic E-state index is 0.0365. The molecule has 3 N–H and O–H groups in total. The van der Waals surface area contributed by atoms with Crippen LogP contribution in [-0.4, -0.2) is 58.3 Å². The van der Waals surface area contributed by atoms with Crippen LogP contribution < -0.4 is 5.73 Å². The first-order valence-corrected chi connectivity index (χ1v) is 8.35. The van der Waals surface area contributed by atoms with Gasteiger partial charge in [-0.25, -0.2) is 0 Å². The Labute approximate surface area is 141 Å². The molecule has 2 amide bonds. The molecule has 1 atom stereocenters. The molecule has 0 aliphatic carbocycles. The largest absolute Gasteiger partial charge is 0.368 e. The summed E-state index contributed by atoms with van der Waals surface area (Å²) in [5.74, 6) is -0.331. The smallest absolute Gasteiger partial charge is 0.236 e. The quantitative estimate of drug-likeness (QED) is 0.882. The van der Waals surface area contributed by atoms with Gasteiger partial charge in [0.25, 0.3) is 0 Å². The van der Waals surface area contributed by atoms with E-state index in [1.54, 1.807) is 4.90 Å². The third-order valence-electron chi connectivity index (χ3n) is 4.78. The minimum atomic E-state index is -0.411. The van der Waals surface area contributed by atoms with Crippen LogP contribution in [0, 0.1) is 0 Å². The molecule has 2 heterocycles. The Morgan fingerprint density at radius 1 is 1.29 bits per heavy atom. The third kappa shape index (κ3) is 3.14. The lowest BCUT2D eigenvalue weighted by Gasteiger charge is -2.42. The SMILES string of the molecule is CC(C)N1CCN(C(=O)Cc2c[nH]c3ccccc23)CC1C(N)=O. The minimum Gasteiger partial charge on any atom is -0.368 e. The first-order valence-electron chi connectivity index (χ1n) is 8.35. The third-order valence-corrected chi connectivity index (χ3v) is 4.78. The van der Waals surface area contributed by atoms with Gasteiger partial charge in [0, 0.05) is 42.8 Å². The lowest BCUT2D eigenvalue weighted by Crippen LogP contribution is -2.61. The van der Waals surface area contributed by atoms with Gasteiger partial charge in [0.2, 0.25) is 11.8 Å². The fourth-order valence-corrected chi connectivity index (χ4v) is 3.45. The van der Waals surface area contributed by atoms with Crippen LogP contribution in [0.5, 0.6) is 0 Å². The zero-order valence-electron chi connectivity index (χ0n) is 14.2. The second-order valence-corrected chi connectivity index (χ2v) is 6.63. The molecule has 1 fully saturated rings. The number of nitrogens with one attached hydrogen (secondary N) is 1. The zero-order valence-corrected chi connectivity index (χ0v) is 14.2. The van der Waals surface area contributed by atoms with Crippen molar-refractivity contribution in [1.82, 2.24) is 14.8 Å². The number of para-hydroxylation sites is 1. The summed E-state index contributed by atoms with van der Waals surface area (Å²) in [4.78, 5) is 31.5. The molecule has 24 heavy (non-hydrogen) atoms. The summed E-state index contributed by atoms with van der Waals surface area (Å²) in [6.07, 6.45) is 2.22. The molecule has 0 saturated carbocycles. The predicted octanol–water partition coefficient (Wildman–Crippen LogP) is 1.12. The van der Waals surface area contributed by atoms with E-state index in [2.05, 4.69) is 9.88 Å². The number of amides is 2. The standard InChI is InChI=1S/C18H24N4O2/c1-12(2)22-8-7-21(11-16(22)18(19)24)17(23)9-13-10-20-15-6-4-3-5-14(13)15/h3-6,10,12,16,20H,7-9,11H2,1-2H3,(H2,19,24). The van der Waals surface area contributed by atoms with Crippen molar-refractivity contribution in [2.24, 2.45) is 5.73 Å². The van der Waals surface area contributed by atoms with Gasteiger partial charge >= 0.3 is 0 Å². The number of hydrogen-bond acceptors (Lipinski definition) is 3. The normalized spacial score (nSPS) is 19.1. The summed E-state index contributed by atoms with van der Waals surface area (Å²) in [6, 6.07) is 7.76. The molecule has 1 aliphatic rings. The van der Waals surface area contributed by atoms with Gasteiger partial charge in [-0.15, -0.1) is 0 Å². The van der Waals surface area contributed by atoms with Crippen molar-refractivity contribution in [1.29, 1.82) is 0 Å². The van der Waals surface area contributed by atoms with Crippen LogP contribution in [0.2, 0.25) is 0 Å². The van der Waals surface area contributed by atoms with E-state index in [0.717, 1.165) is 16.5 Å². The molecule has 1 saturated heterocycles. The molecule has 3 rings (SSSR count). The molecule has 1 aliphatic heterocycles. The monoisotopic (exact) mass is 328 g/mol. The fraction of sp³-hybridized carbons (Fsp3) is 0.444. The van der Waals surface area contributed by atoms with Crippen molar-refractivity contribution in [3.63, 3.8) is 0 Å². The van der Waals surface area contributed by atoms with Crippen molar-refractivity contribution in [2.75, 3.05) is 19.6 Å². The Balaban J connectivity index is 1.72. The number of hydrogen-bond donors (Lipinski definition) is 2. The Hall–Kier alpha value is -2.34. The van der Waals surface area contributed by atoms with E-state index < -0.39 is 6.04 Å². The van der Waals surface area contributed by atoms with Crippen LogP contribution in [0.15, 0.2) is 30.5 Å². The summed E-state index contributed by atoms with van der Waals surface area (Å²) in [7, 11) is 0. The molecular formula is C18H24N4O2. The highest BCUT2D eigenvalue weighted by molar-refractivity contribution is 5.89. The lowest BCUT2D eigenvalue weighted by molar-refractivity contribution is -0.137. The van der Waals surface area contributed by atoms with Crippen molar-refractivity contribution in [3.8, 4) is 0 Å². The van der Waals surface area contributed by atoms with E-state index in [0.29, 0.717) is 26.1 Å². The van der Waals surface area contributed by atoms with Gasteiger partial charge in [-0.2, -0.15) is 0 Å². The Morgan fingerprint density at radius 2 is 2.04 bits per heavy atom. The van der Waals surface area contributed by atoms with Crippen molar-refractivity contribution in [3.05, 3.63) is 36.0 Å². The van der Waals surface area contributed by atoms with Gasteiger partial charge in [-0.1, -0.05) is 18.2 Å². The Morgan fingerprint density at radius 3 is 2.75 bits per heavy atom. The molecule has 2 aromatic rings. The number of fused-ring (bicyclic) bond motifs is 1. The molecular weight excluding hydrogens is 304 g/mol. The summed E-state index contributed by atoms with van der Waals surface area (Å²) < 4.78 is 0. The number of carbonyl (C=O) groups excluding carboxylic acids is 2. The van der Waals surface area contributed by atoms with E-state index in [9.17, 15) is 9.59 Å². The van der Waals surface area contributed by atoms with Crippen LogP contribution in [-0.2, 0) is 16.0 Å². The first-order chi connectivity index (χ1) is 11.5. The van der Waals surface area contributed by atoms with Crippen molar-refractivity contribution < 1.29 is 9.59 Å². The highest BCUT2D eigenvalue weighted by atomic mass is 16.2. The van der Waals surface area contributed by atoms with Crippen LogP contribution in [0.25, 0.3) is 10.9 Å². The number of rotatable bonds is 4. The molecule has 1 aromatic carbocycles. The molecule has 0 radical (unpaired) electrons. The molecule has 6 heteroatoms. The predicted molar refractivity (Wildman–Crippen MR) is 93.4 cm³/mol. The average Bonchev–Trinajstić information content (AvgIpc) is 2.97. The van der Waals surface area contributed by atoms with Gasteiger partial charge in [-0.05, 0) is 25.5 Å². The number of aromatic nitrogens is 1. The topological polar surface area (TPSA) is 82.4 Å². The average molecular weight is 328 g/mol. The number of nitrogens with two attached hydrogens (primary N) is 1. The zero-order chi connectivity index (χ0) is 17.3. The first kappa shape index (κ1) is 16.5. The summed E-state index contributed by atoms with van der Waals surface area (Å²) in [5, 5.41) is 1.07. The molecule has 128 valence electrons. The highest BCUT2D eigenvalue weighted by Crippen LogP contribution is 2.20. The van der Waals surface area contributed by atoms with Gasteiger partial charge in [0.15, 0.2) is 0 Å². The maximum atomic E-state index is 12.7. The number of carbonyl (C=O) groups is 2. The summed E-state index contributed by atoms with van der Waals surface area (Å²) in [6.45, 7) is 5.75. The highest BCUT2D eigenvalue weighted by Gasteiger charge is 2.34. The van der Waals surface area contributed by atoms with E-state index in [1.165, 1.54) is 0 Å². The van der Waals surface area contributed by atoms with Crippen molar-refractivity contribution in [2.45, 2.75) is 32.4 Å². The van der Waals surface area contributed by atoms with E-state index >= 15 is 0 Å². The van der Waals surface area contributed by atoms with Crippen molar-refractivity contribution >= 4 is 22.7 Å². The number of H-pyrrole nitrogens is 1. The van der Waals surface area contributed by atoms with Gasteiger partial charge in [-0.3, -0.25) is 14.5 Å². The van der Waals surface area contributed by atoms with Gasteiger partial charge in [0.1, 0.15) is 6.04 Å². The lowest BCUT2D eigenvalue weighted by atomic mass is 10.1. The van der Waals surface area contributed by atoms with E-state index in [-0.39, 0.29) is 17.9 Å². The van der Waals surface area contributed by atoms with Crippen LogP contribution in [0.1, 0.15) is 19.4 Å². The van der Waals surface area contributed by atoms with E-state index in [4.69, 9.17) is 5.73 Å². The Bertz CT molecular complexity index is 752. The molecule has 1 aromatic heterocycles.